The highest BCUT2D eigenvalue weighted by atomic mass is 32.2. The van der Waals surface area contributed by atoms with Gasteiger partial charge in [0.15, 0.2) is 4.34 Å². The van der Waals surface area contributed by atoms with Crippen LogP contribution in [0, 0.1) is 5.82 Å². The topological polar surface area (TPSA) is 55.3 Å². The van der Waals surface area contributed by atoms with E-state index in [0.29, 0.717) is 16.1 Å². The molecule has 1 amide bonds. The number of hydrogen-bond donors (Lipinski definition) is 0. The number of aromatic nitrogens is 2. The molecule has 0 aliphatic rings. The molecule has 0 aliphatic carbocycles. The number of thioether (sulfide) groups is 1. The Morgan fingerprint density at radius 2 is 2.04 bits per heavy atom. The molecule has 1 aromatic carbocycles. The number of halogens is 1. The monoisotopic (exact) mass is 355 g/mol. The Labute approximate surface area is 142 Å². The van der Waals surface area contributed by atoms with Gasteiger partial charge in [-0.3, -0.25) is 4.79 Å². The number of carbonyl (C=O) groups excluding carboxylic acids is 1. The SMILES string of the molecule is CC(C)Oc1nnc(SCC(=O)N(C)Cc2ccc(F)cc2)s1. The molecule has 2 rings (SSSR count). The minimum atomic E-state index is -0.283. The molecule has 2 aromatic rings. The highest BCUT2D eigenvalue weighted by Gasteiger charge is 2.13. The summed E-state index contributed by atoms with van der Waals surface area (Å²) in [6.45, 7) is 4.28. The number of carbonyl (C=O) groups is 1. The Balaban J connectivity index is 1.81. The summed E-state index contributed by atoms with van der Waals surface area (Å²) in [5.74, 6) is -0.0385. The molecule has 0 atom stereocenters. The number of hydrogen-bond acceptors (Lipinski definition) is 6. The highest BCUT2D eigenvalue weighted by Crippen LogP contribution is 2.27. The molecular formula is C15H18FN3O2S2. The first kappa shape index (κ1) is 17.7. The molecule has 0 saturated heterocycles. The van der Waals surface area contributed by atoms with Crippen molar-refractivity contribution in [2.24, 2.45) is 0 Å². The van der Waals surface area contributed by atoms with Crippen LogP contribution in [-0.4, -0.2) is 39.9 Å². The third kappa shape index (κ3) is 5.80. The van der Waals surface area contributed by atoms with Crippen LogP contribution in [0.15, 0.2) is 28.6 Å². The van der Waals surface area contributed by atoms with Crippen LogP contribution in [0.4, 0.5) is 4.39 Å². The molecule has 124 valence electrons. The van der Waals surface area contributed by atoms with Crippen LogP contribution in [0.1, 0.15) is 19.4 Å². The average molecular weight is 355 g/mol. The summed E-state index contributed by atoms with van der Waals surface area (Å²) >= 11 is 2.66. The van der Waals surface area contributed by atoms with Crippen LogP contribution in [0.25, 0.3) is 0 Å². The van der Waals surface area contributed by atoms with Gasteiger partial charge in [0, 0.05) is 13.6 Å². The van der Waals surface area contributed by atoms with E-state index in [4.69, 9.17) is 4.74 Å². The van der Waals surface area contributed by atoms with Crippen molar-refractivity contribution in [1.82, 2.24) is 15.1 Å². The van der Waals surface area contributed by atoms with E-state index in [-0.39, 0.29) is 23.6 Å². The van der Waals surface area contributed by atoms with Gasteiger partial charge in [-0.15, -0.1) is 5.10 Å². The first-order valence-corrected chi connectivity index (χ1v) is 8.85. The normalized spacial score (nSPS) is 10.8. The van der Waals surface area contributed by atoms with Crippen LogP contribution >= 0.6 is 23.1 Å². The van der Waals surface area contributed by atoms with Crippen molar-refractivity contribution in [2.75, 3.05) is 12.8 Å². The van der Waals surface area contributed by atoms with Gasteiger partial charge >= 0.3 is 0 Å². The van der Waals surface area contributed by atoms with Gasteiger partial charge in [-0.25, -0.2) is 4.39 Å². The van der Waals surface area contributed by atoms with Gasteiger partial charge in [0.2, 0.25) is 5.91 Å². The number of rotatable bonds is 7. The average Bonchev–Trinajstić information content (AvgIpc) is 2.93. The van der Waals surface area contributed by atoms with Gasteiger partial charge < -0.3 is 9.64 Å². The van der Waals surface area contributed by atoms with Crippen molar-refractivity contribution < 1.29 is 13.9 Å². The van der Waals surface area contributed by atoms with Crippen LogP contribution in [0.5, 0.6) is 5.19 Å². The van der Waals surface area contributed by atoms with Crippen molar-refractivity contribution in [2.45, 2.75) is 30.8 Å². The Bertz CT molecular complexity index is 646. The van der Waals surface area contributed by atoms with Gasteiger partial charge in [-0.2, -0.15) is 0 Å². The smallest absolute Gasteiger partial charge is 0.295 e. The van der Waals surface area contributed by atoms with E-state index in [2.05, 4.69) is 10.2 Å². The van der Waals surface area contributed by atoms with Crippen LogP contribution in [0.3, 0.4) is 0 Å². The molecule has 0 radical (unpaired) electrons. The largest absolute Gasteiger partial charge is 0.466 e. The molecule has 23 heavy (non-hydrogen) atoms. The number of nitrogens with zero attached hydrogens (tertiary/aromatic N) is 3. The Hall–Kier alpha value is -1.67. The Morgan fingerprint density at radius 1 is 1.35 bits per heavy atom. The van der Waals surface area contributed by atoms with Gasteiger partial charge in [0.25, 0.3) is 5.19 Å². The Morgan fingerprint density at radius 3 is 2.70 bits per heavy atom. The van der Waals surface area contributed by atoms with Gasteiger partial charge in [-0.05, 0) is 42.9 Å². The molecule has 0 bridgehead atoms. The van der Waals surface area contributed by atoms with Crippen molar-refractivity contribution in [3.05, 3.63) is 35.6 Å². The lowest BCUT2D eigenvalue weighted by atomic mass is 10.2. The molecule has 0 spiro atoms. The molecule has 1 aromatic heterocycles. The fourth-order valence-electron chi connectivity index (χ4n) is 1.69. The third-order valence-electron chi connectivity index (χ3n) is 2.80. The zero-order valence-electron chi connectivity index (χ0n) is 13.2. The lowest BCUT2D eigenvalue weighted by molar-refractivity contribution is -0.127. The van der Waals surface area contributed by atoms with Crippen LogP contribution in [0.2, 0.25) is 0 Å². The molecule has 0 aliphatic heterocycles. The van der Waals surface area contributed by atoms with Crippen LogP contribution < -0.4 is 4.74 Å². The molecule has 0 N–H and O–H groups in total. The van der Waals surface area contributed by atoms with E-state index >= 15 is 0 Å². The summed E-state index contributed by atoms with van der Waals surface area (Å²) in [6, 6.07) is 6.12. The summed E-state index contributed by atoms with van der Waals surface area (Å²) in [5, 5.41) is 8.42. The molecule has 0 saturated carbocycles. The number of benzene rings is 1. The molecular weight excluding hydrogens is 337 g/mol. The summed E-state index contributed by atoms with van der Waals surface area (Å²) < 4.78 is 19.0. The van der Waals surface area contributed by atoms with Gasteiger partial charge in [-0.1, -0.05) is 29.0 Å². The van der Waals surface area contributed by atoms with E-state index in [9.17, 15) is 9.18 Å². The number of amides is 1. The third-order valence-corrected chi connectivity index (χ3v) is 4.73. The predicted molar refractivity (Wildman–Crippen MR) is 89.3 cm³/mol. The van der Waals surface area contributed by atoms with Crippen molar-refractivity contribution >= 4 is 29.0 Å². The van der Waals surface area contributed by atoms with E-state index in [1.165, 1.54) is 35.2 Å². The molecule has 5 nitrogen and oxygen atoms in total. The molecule has 8 heteroatoms. The quantitative estimate of drug-likeness (QED) is 0.714. The second-order valence-corrected chi connectivity index (χ2v) is 7.33. The maximum Gasteiger partial charge on any atom is 0.295 e. The lowest BCUT2D eigenvalue weighted by Crippen LogP contribution is -2.27. The minimum absolute atomic E-state index is 0.0270. The minimum Gasteiger partial charge on any atom is -0.466 e. The summed E-state index contributed by atoms with van der Waals surface area (Å²) in [4.78, 5) is 13.7. The van der Waals surface area contributed by atoms with Crippen molar-refractivity contribution in [3.63, 3.8) is 0 Å². The van der Waals surface area contributed by atoms with Gasteiger partial charge in [0.05, 0.1) is 11.9 Å². The standard InChI is InChI=1S/C15H18FN3O2S2/c1-10(2)21-14-17-18-15(23-14)22-9-13(20)19(3)8-11-4-6-12(16)7-5-11/h4-7,10H,8-9H2,1-3H3. The zero-order chi connectivity index (χ0) is 16.8. The number of ether oxygens (including phenoxy) is 1. The predicted octanol–water partition coefficient (Wildman–Crippen LogP) is 3.22. The molecule has 0 fully saturated rings. The summed E-state index contributed by atoms with van der Waals surface area (Å²) in [7, 11) is 1.72. The van der Waals surface area contributed by atoms with E-state index in [1.807, 2.05) is 13.8 Å². The zero-order valence-corrected chi connectivity index (χ0v) is 14.8. The highest BCUT2D eigenvalue weighted by molar-refractivity contribution is 8.01. The van der Waals surface area contributed by atoms with Crippen LogP contribution in [-0.2, 0) is 11.3 Å². The second-order valence-electron chi connectivity index (χ2n) is 5.17. The van der Waals surface area contributed by atoms with Crippen molar-refractivity contribution in [3.8, 4) is 5.19 Å². The van der Waals surface area contributed by atoms with E-state index < -0.39 is 0 Å². The summed E-state index contributed by atoms with van der Waals surface area (Å²) in [6.07, 6.45) is 0.0456. The van der Waals surface area contributed by atoms with E-state index in [1.54, 1.807) is 24.1 Å². The first-order chi connectivity index (χ1) is 10.9. The maximum absolute atomic E-state index is 12.9. The van der Waals surface area contributed by atoms with Gasteiger partial charge in [0.1, 0.15) is 5.82 Å². The Kier molecular flexibility index (Phi) is 6.35. The van der Waals surface area contributed by atoms with Crippen molar-refractivity contribution in [1.29, 1.82) is 0 Å². The lowest BCUT2D eigenvalue weighted by Gasteiger charge is -2.16. The maximum atomic E-state index is 12.9. The molecule has 0 unspecified atom stereocenters. The fraction of sp³-hybridized carbons (Fsp3) is 0.400. The molecule has 1 heterocycles. The first-order valence-electron chi connectivity index (χ1n) is 7.05. The second kappa shape index (κ2) is 8.26. The summed E-state index contributed by atoms with van der Waals surface area (Å²) in [5.41, 5.74) is 0.885. The van der Waals surface area contributed by atoms with E-state index in [0.717, 1.165) is 5.56 Å². The fourth-order valence-corrected chi connectivity index (χ4v) is 3.44.